The van der Waals surface area contributed by atoms with Crippen molar-refractivity contribution in [2.24, 2.45) is 5.92 Å². The van der Waals surface area contributed by atoms with E-state index in [9.17, 15) is 13.6 Å². The number of halogens is 2. The first kappa shape index (κ1) is 16.2. The summed E-state index contributed by atoms with van der Waals surface area (Å²) in [5, 5.41) is 0. The number of hydrogen-bond donors (Lipinski definition) is 0. The van der Waals surface area contributed by atoms with E-state index in [1.54, 1.807) is 4.90 Å². The van der Waals surface area contributed by atoms with Gasteiger partial charge >= 0.3 is 0 Å². The molecule has 3 heterocycles. The zero-order valence-electron chi connectivity index (χ0n) is 13.6. The molecule has 7 heteroatoms. The summed E-state index contributed by atoms with van der Waals surface area (Å²) in [5.74, 6) is -0.534. The zero-order valence-corrected chi connectivity index (χ0v) is 13.6. The van der Waals surface area contributed by atoms with Crippen LogP contribution in [0.5, 0.6) is 0 Å². The van der Waals surface area contributed by atoms with E-state index in [0.717, 1.165) is 18.9 Å². The van der Waals surface area contributed by atoms with Crippen LogP contribution in [0.2, 0.25) is 0 Å². The van der Waals surface area contributed by atoms with Crippen LogP contribution < -0.4 is 0 Å². The first-order valence-corrected chi connectivity index (χ1v) is 8.42. The molecule has 1 aromatic heterocycles. The lowest BCUT2D eigenvalue weighted by Crippen LogP contribution is -2.42. The first-order chi connectivity index (χ1) is 12.1. The first-order valence-electron chi connectivity index (χ1n) is 8.42. The molecule has 1 saturated heterocycles. The highest BCUT2D eigenvalue weighted by molar-refractivity contribution is 5.79. The van der Waals surface area contributed by atoms with Crippen molar-refractivity contribution in [2.75, 3.05) is 19.8 Å². The molecule has 1 amide bonds. The van der Waals surface area contributed by atoms with Gasteiger partial charge in [0.1, 0.15) is 23.1 Å². The van der Waals surface area contributed by atoms with E-state index in [0.29, 0.717) is 44.2 Å². The number of hydrogen-bond acceptors (Lipinski definition) is 4. The molecule has 0 bridgehead atoms. The molecule has 0 radical (unpaired) electrons. The monoisotopic (exact) mass is 348 g/mol. The lowest BCUT2D eigenvalue weighted by molar-refractivity contribution is -0.140. The van der Waals surface area contributed by atoms with Crippen molar-refractivity contribution < 1.29 is 22.7 Å². The smallest absolute Gasteiger partial charge is 0.228 e. The van der Waals surface area contributed by atoms with E-state index < -0.39 is 11.6 Å². The molecule has 132 valence electrons. The van der Waals surface area contributed by atoms with Crippen LogP contribution in [0.1, 0.15) is 24.3 Å². The molecule has 4 rings (SSSR count). The minimum atomic E-state index is -0.680. The Kier molecular flexibility index (Phi) is 4.25. The summed E-state index contributed by atoms with van der Waals surface area (Å²) in [6.07, 6.45) is 2.28. The number of carbonyl (C=O) groups excluding carboxylic acids is 1. The van der Waals surface area contributed by atoms with E-state index in [1.165, 1.54) is 12.1 Å². The fraction of sp³-hybridized carbons (Fsp3) is 0.444. The Morgan fingerprint density at radius 1 is 1.24 bits per heavy atom. The summed E-state index contributed by atoms with van der Waals surface area (Å²) in [5.41, 5.74) is 0.904. The normalized spacial score (nSPS) is 20.4. The van der Waals surface area contributed by atoms with Crippen LogP contribution in [0.3, 0.4) is 0 Å². The van der Waals surface area contributed by atoms with Crippen molar-refractivity contribution >= 4 is 5.91 Å². The van der Waals surface area contributed by atoms with Crippen LogP contribution >= 0.6 is 0 Å². The number of oxazole rings is 1. The molecule has 0 N–H and O–H groups in total. The highest BCUT2D eigenvalue weighted by Gasteiger charge is 2.31. The lowest BCUT2D eigenvalue weighted by Gasteiger charge is -2.30. The summed E-state index contributed by atoms with van der Waals surface area (Å²) in [4.78, 5) is 18.7. The maximum Gasteiger partial charge on any atom is 0.228 e. The van der Waals surface area contributed by atoms with Crippen LogP contribution in [0.25, 0.3) is 11.5 Å². The summed E-state index contributed by atoms with van der Waals surface area (Å²) in [6.45, 7) is 2.08. The third-order valence-electron chi connectivity index (χ3n) is 4.66. The largest absolute Gasteiger partial charge is 0.441 e. The number of fused-ring (bicyclic) bond motifs is 1. The topological polar surface area (TPSA) is 55.6 Å². The fourth-order valence-electron chi connectivity index (χ4n) is 3.38. The second-order valence-corrected chi connectivity index (χ2v) is 6.47. The SMILES string of the molecule is O=C(C1CCCOC1)N1CCc2oc(-c3cc(F)cc(F)c3)nc2C1. The van der Waals surface area contributed by atoms with E-state index in [-0.39, 0.29) is 23.3 Å². The van der Waals surface area contributed by atoms with Crippen LogP contribution in [0.15, 0.2) is 22.6 Å². The van der Waals surface area contributed by atoms with Crippen molar-refractivity contribution in [3.05, 3.63) is 41.3 Å². The van der Waals surface area contributed by atoms with Gasteiger partial charge < -0.3 is 14.1 Å². The van der Waals surface area contributed by atoms with Crippen LogP contribution in [-0.4, -0.2) is 35.5 Å². The zero-order chi connectivity index (χ0) is 17.4. The molecule has 2 aliphatic rings. The summed E-state index contributed by atoms with van der Waals surface area (Å²) >= 11 is 0. The Balaban J connectivity index is 1.53. The van der Waals surface area contributed by atoms with Gasteiger partial charge in [-0.3, -0.25) is 4.79 Å². The minimum absolute atomic E-state index is 0.0756. The Bertz CT molecular complexity index is 779. The van der Waals surface area contributed by atoms with Gasteiger partial charge in [0.15, 0.2) is 0 Å². The fourth-order valence-corrected chi connectivity index (χ4v) is 3.38. The van der Waals surface area contributed by atoms with Gasteiger partial charge in [-0.25, -0.2) is 13.8 Å². The number of carbonyl (C=O) groups is 1. The number of amides is 1. The average Bonchev–Trinajstić information content (AvgIpc) is 3.04. The van der Waals surface area contributed by atoms with Crippen molar-refractivity contribution in [1.82, 2.24) is 9.88 Å². The van der Waals surface area contributed by atoms with Gasteiger partial charge in [-0.2, -0.15) is 0 Å². The van der Waals surface area contributed by atoms with E-state index in [1.807, 2.05) is 0 Å². The van der Waals surface area contributed by atoms with Gasteiger partial charge in [-0.05, 0) is 25.0 Å². The Hall–Kier alpha value is -2.28. The maximum atomic E-state index is 13.4. The molecule has 1 fully saturated rings. The van der Waals surface area contributed by atoms with Gasteiger partial charge in [0.25, 0.3) is 0 Å². The van der Waals surface area contributed by atoms with Gasteiger partial charge in [0.05, 0.1) is 19.1 Å². The Morgan fingerprint density at radius 2 is 2.04 bits per heavy atom. The number of rotatable bonds is 2. The number of benzene rings is 1. The Labute approximate surface area is 143 Å². The van der Waals surface area contributed by atoms with Crippen LogP contribution in [0.4, 0.5) is 8.78 Å². The van der Waals surface area contributed by atoms with Crippen LogP contribution in [0, 0.1) is 17.6 Å². The predicted molar refractivity (Wildman–Crippen MR) is 84.5 cm³/mol. The van der Waals surface area contributed by atoms with Crippen molar-refractivity contribution in [3.8, 4) is 11.5 Å². The molecule has 1 unspecified atom stereocenters. The molecule has 0 spiro atoms. The third kappa shape index (κ3) is 3.28. The molecule has 25 heavy (non-hydrogen) atoms. The average molecular weight is 348 g/mol. The van der Waals surface area contributed by atoms with Gasteiger partial charge in [0, 0.05) is 31.2 Å². The number of aromatic nitrogens is 1. The molecule has 0 aliphatic carbocycles. The second-order valence-electron chi connectivity index (χ2n) is 6.47. The lowest BCUT2D eigenvalue weighted by atomic mass is 9.99. The minimum Gasteiger partial charge on any atom is -0.441 e. The molecular weight excluding hydrogens is 330 g/mol. The summed E-state index contributed by atoms with van der Waals surface area (Å²) < 4.78 is 37.9. The number of nitrogens with zero attached hydrogens (tertiary/aromatic N) is 2. The van der Waals surface area contributed by atoms with Gasteiger partial charge in [-0.1, -0.05) is 0 Å². The molecular formula is C18H18F2N2O3. The van der Waals surface area contributed by atoms with Crippen LogP contribution in [-0.2, 0) is 22.5 Å². The third-order valence-corrected chi connectivity index (χ3v) is 4.66. The molecule has 1 atom stereocenters. The quantitative estimate of drug-likeness (QED) is 0.837. The van der Waals surface area contributed by atoms with E-state index in [2.05, 4.69) is 4.98 Å². The molecule has 5 nitrogen and oxygen atoms in total. The molecule has 2 aliphatic heterocycles. The number of ether oxygens (including phenoxy) is 1. The molecule has 1 aromatic carbocycles. The summed E-state index contributed by atoms with van der Waals surface area (Å²) in [6, 6.07) is 3.17. The highest BCUT2D eigenvalue weighted by Crippen LogP contribution is 2.28. The van der Waals surface area contributed by atoms with E-state index >= 15 is 0 Å². The molecule has 0 saturated carbocycles. The van der Waals surface area contributed by atoms with Crippen molar-refractivity contribution in [3.63, 3.8) is 0 Å². The summed E-state index contributed by atoms with van der Waals surface area (Å²) in [7, 11) is 0. The van der Waals surface area contributed by atoms with E-state index in [4.69, 9.17) is 9.15 Å². The second kappa shape index (κ2) is 6.55. The van der Waals surface area contributed by atoms with Crippen molar-refractivity contribution in [1.29, 1.82) is 0 Å². The molecule has 2 aromatic rings. The van der Waals surface area contributed by atoms with Crippen molar-refractivity contribution in [2.45, 2.75) is 25.8 Å². The predicted octanol–water partition coefficient (Wildman–Crippen LogP) is 2.93. The van der Waals surface area contributed by atoms with Gasteiger partial charge in [-0.15, -0.1) is 0 Å². The standard InChI is InChI=1S/C18H18F2N2O3/c19-13-6-12(7-14(20)8-13)17-21-15-9-22(4-3-16(15)25-17)18(23)11-2-1-5-24-10-11/h6-8,11H,1-5,9-10H2. The Morgan fingerprint density at radius 3 is 2.76 bits per heavy atom. The maximum absolute atomic E-state index is 13.4. The highest BCUT2D eigenvalue weighted by atomic mass is 19.1. The van der Waals surface area contributed by atoms with Gasteiger partial charge in [0.2, 0.25) is 11.8 Å².